The van der Waals surface area contributed by atoms with Crippen molar-refractivity contribution in [1.82, 2.24) is 19.7 Å². The van der Waals surface area contributed by atoms with Crippen molar-refractivity contribution in [2.75, 3.05) is 52.4 Å². The summed E-state index contributed by atoms with van der Waals surface area (Å²) in [5.41, 5.74) is 0.856. The van der Waals surface area contributed by atoms with Gasteiger partial charge in [-0.15, -0.1) is 0 Å². The van der Waals surface area contributed by atoms with Gasteiger partial charge in [0.15, 0.2) is 0 Å². The van der Waals surface area contributed by atoms with Crippen molar-refractivity contribution in [2.45, 2.75) is 31.4 Å². The molecule has 1 aromatic heterocycles. The van der Waals surface area contributed by atoms with Gasteiger partial charge in [0.2, 0.25) is 5.91 Å². The van der Waals surface area contributed by atoms with Crippen LogP contribution in [-0.2, 0) is 9.59 Å². The first-order chi connectivity index (χ1) is 16.0. The Hall–Kier alpha value is -2.75. The fraction of sp³-hybridized carbons (Fsp3) is 0.542. The Morgan fingerprint density at radius 2 is 1.85 bits per heavy atom. The molecule has 2 aliphatic heterocycles. The van der Waals surface area contributed by atoms with E-state index in [1.54, 1.807) is 6.20 Å². The number of carbonyl (C=O) groups excluding carboxylic acids is 1. The molecule has 4 rings (SSSR count). The summed E-state index contributed by atoms with van der Waals surface area (Å²) in [5.74, 6) is -0.308. The van der Waals surface area contributed by atoms with E-state index in [9.17, 15) is 19.8 Å². The van der Waals surface area contributed by atoms with Crippen molar-refractivity contribution in [1.29, 1.82) is 0 Å². The topological polar surface area (TPSA) is 106 Å². The third-order valence-corrected chi connectivity index (χ3v) is 6.44. The second-order valence-corrected chi connectivity index (χ2v) is 8.80. The number of carboxylic acid groups (broad SMARTS) is 1. The van der Waals surface area contributed by atoms with E-state index in [2.05, 4.69) is 14.8 Å². The number of piperidine rings is 1. The number of benzene rings is 1. The number of aliphatic hydroxyl groups is 1. The number of nitrogens with zero attached hydrogens (tertiary/aromatic N) is 4. The number of piperazine rings is 1. The minimum atomic E-state index is -0.913. The van der Waals surface area contributed by atoms with Gasteiger partial charge in [0.25, 0.3) is 0 Å². The lowest BCUT2D eigenvalue weighted by Gasteiger charge is -2.38. The van der Waals surface area contributed by atoms with Crippen LogP contribution in [0.1, 0.15) is 19.3 Å². The average molecular weight is 457 g/mol. The molecule has 2 fully saturated rings. The van der Waals surface area contributed by atoms with Crippen LogP contribution in [-0.4, -0.2) is 106 Å². The molecule has 2 atom stereocenters. The highest BCUT2D eigenvalue weighted by Gasteiger charge is 2.33. The lowest BCUT2D eigenvalue weighted by Crippen LogP contribution is -2.54. The zero-order chi connectivity index (χ0) is 23.2. The molecule has 0 bridgehead atoms. The quantitative estimate of drug-likeness (QED) is 0.607. The average Bonchev–Trinajstić information content (AvgIpc) is 2.84. The maximum absolute atomic E-state index is 12.7. The van der Waals surface area contributed by atoms with Crippen LogP contribution in [0.25, 0.3) is 10.9 Å². The van der Waals surface area contributed by atoms with E-state index in [0.717, 1.165) is 36.8 Å². The van der Waals surface area contributed by atoms with Crippen LogP contribution in [0.15, 0.2) is 36.5 Å². The summed E-state index contributed by atoms with van der Waals surface area (Å²) in [6, 6.07) is 8.82. The monoisotopic (exact) mass is 456 g/mol. The molecule has 1 unspecified atom stereocenters. The van der Waals surface area contributed by atoms with Gasteiger partial charge in [0.1, 0.15) is 24.5 Å². The third-order valence-electron chi connectivity index (χ3n) is 6.44. The minimum Gasteiger partial charge on any atom is -0.490 e. The summed E-state index contributed by atoms with van der Waals surface area (Å²) in [5, 5.41) is 20.8. The molecule has 2 aromatic rings. The third kappa shape index (κ3) is 5.98. The minimum absolute atomic E-state index is 0.103. The zero-order valence-electron chi connectivity index (χ0n) is 18.8. The number of carbonyl (C=O) groups is 2. The number of fused-ring (bicyclic) bond motifs is 1. The highest BCUT2D eigenvalue weighted by molar-refractivity contribution is 5.85. The van der Waals surface area contributed by atoms with Crippen LogP contribution in [0.4, 0.5) is 0 Å². The van der Waals surface area contributed by atoms with Crippen molar-refractivity contribution in [3.05, 3.63) is 36.5 Å². The molecule has 1 amide bonds. The summed E-state index contributed by atoms with van der Waals surface area (Å²) < 4.78 is 5.87. The number of hydrogen-bond donors (Lipinski definition) is 2. The maximum atomic E-state index is 12.7. The number of hydrogen-bond acceptors (Lipinski definition) is 7. The smallest absolute Gasteiger partial charge is 0.326 e. The number of pyridine rings is 1. The Kier molecular flexibility index (Phi) is 7.74. The first-order valence-corrected chi connectivity index (χ1v) is 11.6. The number of aliphatic hydroxyl groups excluding tert-OH is 1. The van der Waals surface area contributed by atoms with Gasteiger partial charge in [0, 0.05) is 50.9 Å². The number of β-amino-alcohol motifs (C(OH)–C–C–N with tert-alkyl or cyclic N) is 1. The van der Waals surface area contributed by atoms with Crippen molar-refractivity contribution >= 4 is 22.8 Å². The fourth-order valence-corrected chi connectivity index (χ4v) is 4.64. The molecule has 9 heteroatoms. The number of rotatable bonds is 8. The van der Waals surface area contributed by atoms with Gasteiger partial charge in [-0.3, -0.25) is 19.6 Å². The molecule has 9 nitrogen and oxygen atoms in total. The number of aromatic nitrogens is 1. The van der Waals surface area contributed by atoms with Gasteiger partial charge < -0.3 is 19.8 Å². The van der Waals surface area contributed by atoms with Crippen molar-refractivity contribution in [2.24, 2.45) is 0 Å². The van der Waals surface area contributed by atoms with Crippen LogP contribution in [0.3, 0.4) is 0 Å². The molecule has 0 spiro atoms. The number of carboxylic acids is 1. The molecule has 0 radical (unpaired) electrons. The number of ether oxygens (including phenoxy) is 1. The van der Waals surface area contributed by atoms with E-state index < -0.39 is 18.1 Å². The highest BCUT2D eigenvalue weighted by Crippen LogP contribution is 2.24. The Labute approximate surface area is 193 Å². The Bertz CT molecular complexity index is 958. The molecule has 0 saturated carbocycles. The molecule has 178 valence electrons. The predicted octanol–water partition coefficient (Wildman–Crippen LogP) is 1.06. The SMILES string of the molecule is O=C(O)C1CCCCN1C(=O)CN1CCN(C[C@@H](O)COc2cccc3ncccc23)CC1. The second-order valence-electron chi connectivity index (χ2n) is 8.80. The van der Waals surface area contributed by atoms with Crippen molar-refractivity contribution < 1.29 is 24.5 Å². The van der Waals surface area contributed by atoms with E-state index in [1.165, 1.54) is 4.90 Å². The fourth-order valence-electron chi connectivity index (χ4n) is 4.64. The molecule has 2 N–H and O–H groups in total. The molecule has 1 aromatic carbocycles. The van der Waals surface area contributed by atoms with Crippen LogP contribution >= 0.6 is 0 Å². The van der Waals surface area contributed by atoms with Gasteiger partial charge >= 0.3 is 5.97 Å². The predicted molar refractivity (Wildman–Crippen MR) is 123 cm³/mol. The first-order valence-electron chi connectivity index (χ1n) is 11.6. The molecule has 2 saturated heterocycles. The second kappa shape index (κ2) is 10.9. The lowest BCUT2D eigenvalue weighted by atomic mass is 10.0. The van der Waals surface area contributed by atoms with E-state index in [1.807, 2.05) is 30.3 Å². The Morgan fingerprint density at radius 1 is 1.06 bits per heavy atom. The standard InChI is InChI=1S/C24H32N4O5/c29-18(17-33-22-8-3-6-20-19(22)5-4-9-25-20)15-26-11-13-27(14-12-26)16-23(30)28-10-2-1-7-21(28)24(31)32/h3-6,8-9,18,21,29H,1-2,7,10-17H2,(H,31,32)/t18-,21?/m1/s1. The van der Waals surface area contributed by atoms with Crippen molar-refractivity contribution in [3.8, 4) is 5.75 Å². The first kappa shape index (κ1) is 23.4. The number of likely N-dealkylation sites (tertiary alicyclic amines) is 1. The Morgan fingerprint density at radius 3 is 2.64 bits per heavy atom. The number of amides is 1. The van der Waals surface area contributed by atoms with Gasteiger partial charge in [-0.25, -0.2) is 4.79 Å². The zero-order valence-corrected chi connectivity index (χ0v) is 18.8. The van der Waals surface area contributed by atoms with E-state index in [0.29, 0.717) is 38.3 Å². The van der Waals surface area contributed by atoms with E-state index in [4.69, 9.17) is 4.74 Å². The van der Waals surface area contributed by atoms with Gasteiger partial charge in [-0.2, -0.15) is 0 Å². The van der Waals surface area contributed by atoms with Crippen molar-refractivity contribution in [3.63, 3.8) is 0 Å². The van der Waals surface area contributed by atoms with Gasteiger partial charge in [0.05, 0.1) is 12.1 Å². The van der Waals surface area contributed by atoms with Crippen LogP contribution in [0.5, 0.6) is 5.75 Å². The van der Waals surface area contributed by atoms with Crippen LogP contribution in [0.2, 0.25) is 0 Å². The normalized spacial score (nSPS) is 21.1. The molecule has 0 aliphatic carbocycles. The summed E-state index contributed by atoms with van der Waals surface area (Å²) in [6.07, 6.45) is 3.35. The van der Waals surface area contributed by atoms with Crippen LogP contribution in [0, 0.1) is 0 Å². The lowest BCUT2D eigenvalue weighted by molar-refractivity contribution is -0.152. The van der Waals surface area contributed by atoms with E-state index >= 15 is 0 Å². The summed E-state index contributed by atoms with van der Waals surface area (Å²) in [6.45, 7) is 4.36. The molecule has 2 aliphatic rings. The van der Waals surface area contributed by atoms with E-state index in [-0.39, 0.29) is 19.1 Å². The Balaban J connectivity index is 1.20. The summed E-state index contributed by atoms with van der Waals surface area (Å²) >= 11 is 0. The molecule has 3 heterocycles. The largest absolute Gasteiger partial charge is 0.490 e. The maximum Gasteiger partial charge on any atom is 0.326 e. The molecular formula is C24H32N4O5. The number of aliphatic carboxylic acids is 1. The highest BCUT2D eigenvalue weighted by atomic mass is 16.5. The molecular weight excluding hydrogens is 424 g/mol. The molecule has 33 heavy (non-hydrogen) atoms. The summed E-state index contributed by atoms with van der Waals surface area (Å²) in [7, 11) is 0. The van der Waals surface area contributed by atoms with Gasteiger partial charge in [-0.1, -0.05) is 6.07 Å². The summed E-state index contributed by atoms with van der Waals surface area (Å²) in [4.78, 5) is 34.3. The van der Waals surface area contributed by atoms with Gasteiger partial charge in [-0.05, 0) is 43.5 Å². The van der Waals surface area contributed by atoms with Crippen LogP contribution < -0.4 is 4.74 Å².